The number of halogens is 3. The number of hydrogen-bond acceptors (Lipinski definition) is 6. The fraction of sp³-hybridized carbons (Fsp3) is 0.217. The van der Waals surface area contributed by atoms with Gasteiger partial charge in [-0.3, -0.25) is 4.79 Å². The van der Waals surface area contributed by atoms with Gasteiger partial charge in [-0.25, -0.2) is 18.2 Å². The molecule has 0 bridgehead atoms. The number of amides is 1. The molecule has 5 rings (SSSR count). The molecule has 1 amide bonds. The maximum atomic E-state index is 14.0. The molecule has 1 unspecified atom stereocenters. The second kappa shape index (κ2) is 8.53. The van der Waals surface area contributed by atoms with Crippen LogP contribution < -0.4 is 10.2 Å². The molecule has 1 fully saturated rings. The van der Waals surface area contributed by atoms with Gasteiger partial charge in [0.25, 0.3) is 5.71 Å². The van der Waals surface area contributed by atoms with Gasteiger partial charge in [0.05, 0.1) is 11.6 Å². The van der Waals surface area contributed by atoms with Crippen LogP contribution in [0.15, 0.2) is 53.3 Å². The molecule has 7 nitrogen and oxygen atoms in total. The third kappa shape index (κ3) is 4.11. The molecule has 1 atom stereocenters. The van der Waals surface area contributed by atoms with E-state index < -0.39 is 23.5 Å². The van der Waals surface area contributed by atoms with Crippen LogP contribution in [0.3, 0.4) is 0 Å². The van der Waals surface area contributed by atoms with Gasteiger partial charge >= 0.3 is 0 Å². The van der Waals surface area contributed by atoms with E-state index in [1.807, 2.05) is 4.90 Å². The lowest BCUT2D eigenvalue weighted by atomic mass is 9.96. The highest BCUT2D eigenvalue weighted by molar-refractivity contribution is 5.98. The summed E-state index contributed by atoms with van der Waals surface area (Å²) in [5, 5.41) is 7.14. The third-order valence-electron chi connectivity index (χ3n) is 5.65. The lowest BCUT2D eigenvalue weighted by Crippen LogP contribution is -2.41. The molecule has 1 N–H and O–H groups in total. The Kier molecular flexibility index (Phi) is 5.41. The minimum Gasteiger partial charge on any atom is -0.355 e. The van der Waals surface area contributed by atoms with Crippen molar-refractivity contribution in [2.24, 2.45) is 5.92 Å². The van der Waals surface area contributed by atoms with Crippen LogP contribution in [0.5, 0.6) is 0 Å². The Hall–Kier alpha value is -3.95. The summed E-state index contributed by atoms with van der Waals surface area (Å²) >= 11 is 0. The average Bonchev–Trinajstić information content (AvgIpc) is 3.26. The summed E-state index contributed by atoms with van der Waals surface area (Å²) in [6.07, 6.45) is 2.62. The molecule has 168 valence electrons. The van der Waals surface area contributed by atoms with Gasteiger partial charge in [-0.15, -0.1) is 0 Å². The second-order valence-corrected chi connectivity index (χ2v) is 7.81. The summed E-state index contributed by atoms with van der Waals surface area (Å²) in [7, 11) is 0. The Morgan fingerprint density at radius 1 is 1.06 bits per heavy atom. The Morgan fingerprint density at radius 3 is 2.67 bits per heavy atom. The number of aromatic nitrogens is 3. The van der Waals surface area contributed by atoms with Gasteiger partial charge in [0.1, 0.15) is 40.7 Å². The molecular formula is C23H18F3N5O2. The van der Waals surface area contributed by atoms with Gasteiger partial charge in [-0.2, -0.15) is 4.98 Å². The van der Waals surface area contributed by atoms with Gasteiger partial charge in [0.15, 0.2) is 0 Å². The lowest BCUT2D eigenvalue weighted by molar-refractivity contribution is -0.120. The molecule has 2 aromatic carbocycles. The van der Waals surface area contributed by atoms with Crippen molar-refractivity contribution in [1.29, 1.82) is 0 Å². The topological polar surface area (TPSA) is 84.2 Å². The summed E-state index contributed by atoms with van der Waals surface area (Å²) in [6, 6.07) is 8.74. The molecule has 2 aromatic heterocycles. The van der Waals surface area contributed by atoms with E-state index in [1.165, 1.54) is 18.5 Å². The first-order chi connectivity index (χ1) is 16.0. The van der Waals surface area contributed by atoms with E-state index in [9.17, 15) is 18.0 Å². The zero-order chi connectivity index (χ0) is 22.9. The summed E-state index contributed by atoms with van der Waals surface area (Å²) in [5.74, 6) is -2.05. The Labute approximate surface area is 186 Å². The van der Waals surface area contributed by atoms with Crippen LogP contribution in [0.4, 0.5) is 24.7 Å². The van der Waals surface area contributed by atoms with Crippen molar-refractivity contribution in [3.05, 3.63) is 66.2 Å². The number of nitrogens with zero attached hydrogens (tertiary/aromatic N) is 4. The summed E-state index contributed by atoms with van der Waals surface area (Å²) < 4.78 is 46.2. The van der Waals surface area contributed by atoms with E-state index >= 15 is 0 Å². The third-order valence-corrected chi connectivity index (χ3v) is 5.65. The van der Waals surface area contributed by atoms with E-state index in [1.54, 1.807) is 12.1 Å². The molecular weight excluding hydrogens is 435 g/mol. The minimum atomic E-state index is -0.705. The predicted molar refractivity (Wildman–Crippen MR) is 115 cm³/mol. The number of piperidine rings is 1. The largest absolute Gasteiger partial charge is 0.355 e. The molecule has 3 heterocycles. The van der Waals surface area contributed by atoms with Gasteiger partial charge < -0.3 is 14.7 Å². The second-order valence-electron chi connectivity index (χ2n) is 7.81. The molecule has 0 radical (unpaired) electrons. The molecule has 10 heteroatoms. The normalized spacial score (nSPS) is 16.2. The number of fused-ring (bicyclic) bond motifs is 1. The van der Waals surface area contributed by atoms with Crippen molar-refractivity contribution in [1.82, 2.24) is 15.1 Å². The van der Waals surface area contributed by atoms with Crippen LogP contribution in [0.25, 0.3) is 22.4 Å². The fourth-order valence-corrected chi connectivity index (χ4v) is 4.03. The first-order valence-corrected chi connectivity index (χ1v) is 10.4. The van der Waals surface area contributed by atoms with Crippen molar-refractivity contribution >= 4 is 28.5 Å². The van der Waals surface area contributed by atoms with E-state index in [-0.39, 0.29) is 17.2 Å². The molecule has 1 saturated heterocycles. The molecule has 0 saturated carbocycles. The molecule has 0 aliphatic carbocycles. The fourth-order valence-electron chi connectivity index (χ4n) is 4.03. The summed E-state index contributed by atoms with van der Waals surface area (Å²) in [6.45, 7) is 0.932. The van der Waals surface area contributed by atoms with E-state index in [0.29, 0.717) is 48.4 Å². The summed E-state index contributed by atoms with van der Waals surface area (Å²) in [4.78, 5) is 23.3. The van der Waals surface area contributed by atoms with Crippen molar-refractivity contribution in [2.75, 3.05) is 23.3 Å². The number of anilines is 2. The van der Waals surface area contributed by atoms with Crippen molar-refractivity contribution in [2.45, 2.75) is 12.8 Å². The SMILES string of the molecule is O=C(Nc1cc(F)ccc1F)C1CCCN(c2ncnc3onc(-c4ccc(F)cc4)c23)C1. The zero-order valence-corrected chi connectivity index (χ0v) is 17.3. The first-order valence-electron chi connectivity index (χ1n) is 10.4. The molecule has 1 aliphatic rings. The van der Waals surface area contributed by atoms with Crippen LogP contribution in [-0.2, 0) is 4.79 Å². The maximum Gasteiger partial charge on any atom is 0.263 e. The number of hydrogen-bond donors (Lipinski definition) is 1. The van der Waals surface area contributed by atoms with Crippen LogP contribution in [0.1, 0.15) is 12.8 Å². The van der Waals surface area contributed by atoms with Gasteiger partial charge in [-0.05, 0) is 49.2 Å². The number of carbonyl (C=O) groups excluding carboxylic acids is 1. The maximum absolute atomic E-state index is 14.0. The Morgan fingerprint density at radius 2 is 1.85 bits per heavy atom. The highest BCUT2D eigenvalue weighted by atomic mass is 19.1. The standard InChI is InChI=1S/C23H18F3N5O2/c24-15-5-3-13(4-6-15)20-19-21(27-12-28-23(19)33-30-20)31-9-1-2-14(11-31)22(32)29-18-10-16(25)7-8-17(18)26/h3-8,10,12,14H,1-2,9,11H2,(H,29,32). The minimum absolute atomic E-state index is 0.195. The highest BCUT2D eigenvalue weighted by Gasteiger charge is 2.30. The number of nitrogens with one attached hydrogen (secondary N) is 1. The predicted octanol–water partition coefficient (Wildman–Crippen LogP) is 4.56. The molecule has 1 aliphatic heterocycles. The smallest absolute Gasteiger partial charge is 0.263 e. The van der Waals surface area contributed by atoms with Gasteiger partial charge in [0.2, 0.25) is 5.91 Å². The highest BCUT2D eigenvalue weighted by Crippen LogP contribution is 2.35. The van der Waals surface area contributed by atoms with Crippen molar-refractivity contribution < 1.29 is 22.5 Å². The quantitative estimate of drug-likeness (QED) is 0.488. The summed E-state index contributed by atoms with van der Waals surface area (Å²) in [5.41, 5.74) is 1.18. The van der Waals surface area contributed by atoms with Crippen molar-refractivity contribution in [3.8, 4) is 11.3 Å². The van der Waals surface area contributed by atoms with Gasteiger partial charge in [0, 0.05) is 24.7 Å². The number of carbonyl (C=O) groups is 1. The average molecular weight is 453 g/mol. The van der Waals surface area contributed by atoms with Gasteiger partial charge in [-0.1, -0.05) is 5.16 Å². The number of rotatable bonds is 4. The van der Waals surface area contributed by atoms with Crippen molar-refractivity contribution in [3.63, 3.8) is 0 Å². The van der Waals surface area contributed by atoms with E-state index in [2.05, 4.69) is 20.4 Å². The van der Waals surface area contributed by atoms with E-state index in [0.717, 1.165) is 18.2 Å². The molecule has 0 spiro atoms. The van der Waals surface area contributed by atoms with Crippen LogP contribution >= 0.6 is 0 Å². The Bertz CT molecular complexity index is 1330. The lowest BCUT2D eigenvalue weighted by Gasteiger charge is -2.33. The zero-order valence-electron chi connectivity index (χ0n) is 17.3. The monoisotopic (exact) mass is 453 g/mol. The Balaban J connectivity index is 1.43. The first kappa shape index (κ1) is 20.9. The van der Waals surface area contributed by atoms with E-state index in [4.69, 9.17) is 4.52 Å². The number of benzene rings is 2. The molecule has 33 heavy (non-hydrogen) atoms. The van der Waals surface area contributed by atoms with Crippen LogP contribution in [0, 0.1) is 23.4 Å². The molecule has 4 aromatic rings. The van der Waals surface area contributed by atoms with Crippen LogP contribution in [-0.4, -0.2) is 34.1 Å². The van der Waals surface area contributed by atoms with Crippen LogP contribution in [0.2, 0.25) is 0 Å².